The maximum atomic E-state index is 13.1. The van der Waals surface area contributed by atoms with Gasteiger partial charge in [0.15, 0.2) is 0 Å². The number of nitrogens with one attached hydrogen (secondary N) is 1. The van der Waals surface area contributed by atoms with E-state index in [1.54, 1.807) is 31.0 Å². The number of amides is 1. The van der Waals surface area contributed by atoms with Crippen molar-refractivity contribution >= 4 is 11.8 Å². The zero-order chi connectivity index (χ0) is 14.5. The van der Waals surface area contributed by atoms with E-state index in [0.717, 1.165) is 5.56 Å². The highest BCUT2D eigenvalue weighted by Gasteiger charge is 2.10. The minimum atomic E-state index is -0.280. The van der Waals surface area contributed by atoms with Crippen LogP contribution >= 0.6 is 0 Å². The second-order valence-electron chi connectivity index (χ2n) is 4.68. The maximum Gasteiger partial charge on any atom is 0.240 e. The summed E-state index contributed by atoms with van der Waals surface area (Å²) in [4.78, 5) is 13.6. The Morgan fingerprint density at radius 3 is 2.90 bits per heavy atom. The molecule has 106 valence electrons. The average molecular weight is 277 g/mol. The minimum absolute atomic E-state index is 0.177. The van der Waals surface area contributed by atoms with E-state index in [-0.39, 0.29) is 18.3 Å². The third kappa shape index (κ3) is 4.17. The van der Waals surface area contributed by atoms with Crippen molar-refractivity contribution in [3.63, 3.8) is 0 Å². The Bertz CT molecular complexity index is 598. The Morgan fingerprint density at radius 2 is 2.25 bits per heavy atom. The molecule has 0 spiro atoms. The summed E-state index contributed by atoms with van der Waals surface area (Å²) in [6, 6.07) is 7.95. The van der Waals surface area contributed by atoms with Gasteiger partial charge >= 0.3 is 0 Å². The first-order valence-electron chi connectivity index (χ1n) is 6.19. The van der Waals surface area contributed by atoms with Crippen molar-refractivity contribution in [2.75, 3.05) is 18.9 Å². The van der Waals surface area contributed by atoms with Gasteiger partial charge in [-0.2, -0.15) is 0 Å². The molecule has 0 fully saturated rings. The highest BCUT2D eigenvalue weighted by atomic mass is 19.1. The number of carbonyl (C=O) groups is 1. The SMILES string of the molecule is Cc1cc(NC(=O)CN(C)Cc2cccc(F)c2)on1. The molecule has 5 nitrogen and oxygen atoms in total. The lowest BCUT2D eigenvalue weighted by atomic mass is 10.2. The van der Waals surface area contributed by atoms with Crippen LogP contribution in [0.2, 0.25) is 0 Å². The van der Waals surface area contributed by atoms with Gasteiger partial charge in [-0.1, -0.05) is 17.3 Å². The fourth-order valence-corrected chi connectivity index (χ4v) is 1.85. The molecular formula is C14H16FN3O2. The van der Waals surface area contributed by atoms with Gasteiger partial charge in [-0.25, -0.2) is 4.39 Å². The van der Waals surface area contributed by atoms with Crippen molar-refractivity contribution in [2.24, 2.45) is 0 Å². The smallest absolute Gasteiger partial charge is 0.240 e. The second-order valence-corrected chi connectivity index (χ2v) is 4.68. The lowest BCUT2D eigenvalue weighted by molar-refractivity contribution is -0.117. The summed E-state index contributed by atoms with van der Waals surface area (Å²) in [5, 5.41) is 6.29. The highest BCUT2D eigenvalue weighted by Crippen LogP contribution is 2.09. The second kappa shape index (κ2) is 6.29. The first kappa shape index (κ1) is 14.2. The van der Waals surface area contributed by atoms with Crippen LogP contribution in [0.3, 0.4) is 0 Å². The quantitative estimate of drug-likeness (QED) is 0.910. The van der Waals surface area contributed by atoms with Crippen LogP contribution in [0, 0.1) is 12.7 Å². The number of likely N-dealkylation sites (N-methyl/N-ethyl adjacent to an activating group) is 1. The van der Waals surface area contributed by atoms with Crippen molar-refractivity contribution in [1.82, 2.24) is 10.1 Å². The van der Waals surface area contributed by atoms with Crippen LogP contribution in [-0.4, -0.2) is 29.6 Å². The van der Waals surface area contributed by atoms with E-state index in [0.29, 0.717) is 18.1 Å². The van der Waals surface area contributed by atoms with Gasteiger partial charge in [0.1, 0.15) is 5.82 Å². The van der Waals surface area contributed by atoms with E-state index in [9.17, 15) is 9.18 Å². The summed E-state index contributed by atoms with van der Waals surface area (Å²) < 4.78 is 18.0. The van der Waals surface area contributed by atoms with Gasteiger partial charge in [-0.3, -0.25) is 15.0 Å². The van der Waals surface area contributed by atoms with E-state index in [4.69, 9.17) is 4.52 Å². The fraction of sp³-hybridized carbons (Fsp3) is 0.286. The molecule has 2 rings (SSSR count). The number of aryl methyl sites for hydroxylation is 1. The molecule has 0 radical (unpaired) electrons. The van der Waals surface area contributed by atoms with Gasteiger partial charge in [-0.05, 0) is 31.7 Å². The molecule has 0 unspecified atom stereocenters. The zero-order valence-electron chi connectivity index (χ0n) is 11.4. The zero-order valence-corrected chi connectivity index (χ0v) is 11.4. The Balaban J connectivity index is 1.84. The van der Waals surface area contributed by atoms with Gasteiger partial charge in [0, 0.05) is 12.6 Å². The van der Waals surface area contributed by atoms with Crippen LogP contribution in [0.15, 0.2) is 34.9 Å². The van der Waals surface area contributed by atoms with E-state index in [2.05, 4.69) is 10.5 Å². The first-order chi connectivity index (χ1) is 9.52. The standard InChI is InChI=1S/C14H16FN3O2/c1-10-6-14(20-17-10)16-13(19)9-18(2)8-11-4-3-5-12(15)7-11/h3-7H,8-9H2,1-2H3,(H,16,19). The third-order valence-electron chi connectivity index (χ3n) is 2.65. The molecule has 1 aromatic heterocycles. The lowest BCUT2D eigenvalue weighted by Crippen LogP contribution is -2.29. The molecule has 0 atom stereocenters. The van der Waals surface area contributed by atoms with Crippen LogP contribution in [0.1, 0.15) is 11.3 Å². The summed E-state index contributed by atoms with van der Waals surface area (Å²) >= 11 is 0. The molecule has 2 aromatic rings. The average Bonchev–Trinajstić information content (AvgIpc) is 2.74. The van der Waals surface area contributed by atoms with Gasteiger partial charge in [0.05, 0.1) is 12.2 Å². The molecule has 0 aliphatic carbocycles. The van der Waals surface area contributed by atoms with E-state index >= 15 is 0 Å². The Kier molecular flexibility index (Phi) is 4.47. The normalized spacial score (nSPS) is 10.8. The van der Waals surface area contributed by atoms with E-state index in [1.165, 1.54) is 12.1 Å². The Morgan fingerprint density at radius 1 is 1.45 bits per heavy atom. The van der Waals surface area contributed by atoms with Crippen molar-refractivity contribution in [3.05, 3.63) is 47.4 Å². The van der Waals surface area contributed by atoms with Crippen molar-refractivity contribution < 1.29 is 13.7 Å². The number of benzene rings is 1. The lowest BCUT2D eigenvalue weighted by Gasteiger charge is -2.15. The number of hydrogen-bond acceptors (Lipinski definition) is 4. The molecule has 0 bridgehead atoms. The summed E-state index contributed by atoms with van der Waals surface area (Å²) in [6.07, 6.45) is 0. The van der Waals surface area contributed by atoms with Gasteiger partial charge in [-0.15, -0.1) is 0 Å². The molecule has 0 aliphatic rings. The monoisotopic (exact) mass is 277 g/mol. The van der Waals surface area contributed by atoms with Gasteiger partial charge in [0.25, 0.3) is 0 Å². The van der Waals surface area contributed by atoms with Gasteiger partial charge in [0.2, 0.25) is 11.8 Å². The van der Waals surface area contributed by atoms with Gasteiger partial charge < -0.3 is 4.52 Å². The summed E-state index contributed by atoms with van der Waals surface area (Å²) in [5.41, 5.74) is 1.52. The van der Waals surface area contributed by atoms with Crippen LogP contribution in [0.25, 0.3) is 0 Å². The van der Waals surface area contributed by atoms with Crippen LogP contribution < -0.4 is 5.32 Å². The molecule has 1 amide bonds. The molecule has 0 saturated carbocycles. The van der Waals surface area contributed by atoms with Crippen molar-refractivity contribution in [1.29, 1.82) is 0 Å². The Hall–Kier alpha value is -2.21. The summed E-state index contributed by atoms with van der Waals surface area (Å²) in [7, 11) is 1.79. The number of rotatable bonds is 5. The molecule has 1 aromatic carbocycles. The van der Waals surface area contributed by atoms with Crippen molar-refractivity contribution in [3.8, 4) is 0 Å². The maximum absolute atomic E-state index is 13.1. The predicted octanol–water partition coefficient (Wildman–Crippen LogP) is 2.19. The molecular weight excluding hydrogens is 261 g/mol. The highest BCUT2D eigenvalue weighted by molar-refractivity contribution is 5.90. The molecule has 0 saturated heterocycles. The van der Waals surface area contributed by atoms with Crippen molar-refractivity contribution in [2.45, 2.75) is 13.5 Å². The van der Waals surface area contributed by atoms with E-state index in [1.807, 2.05) is 6.07 Å². The fourth-order valence-electron chi connectivity index (χ4n) is 1.85. The largest absolute Gasteiger partial charge is 0.338 e. The van der Waals surface area contributed by atoms with E-state index < -0.39 is 0 Å². The number of nitrogens with zero attached hydrogens (tertiary/aromatic N) is 2. The third-order valence-corrected chi connectivity index (χ3v) is 2.65. The number of hydrogen-bond donors (Lipinski definition) is 1. The summed E-state index contributed by atoms with van der Waals surface area (Å²) in [6.45, 7) is 2.44. The number of aromatic nitrogens is 1. The predicted molar refractivity (Wildman–Crippen MR) is 72.6 cm³/mol. The topological polar surface area (TPSA) is 58.4 Å². The number of halogens is 1. The number of carbonyl (C=O) groups excluding carboxylic acids is 1. The minimum Gasteiger partial charge on any atom is -0.338 e. The molecule has 1 N–H and O–H groups in total. The Labute approximate surface area is 116 Å². The summed E-state index contributed by atoms with van der Waals surface area (Å²) in [5.74, 6) is -0.163. The van der Waals surface area contributed by atoms with Crippen LogP contribution in [0.5, 0.6) is 0 Å². The first-order valence-corrected chi connectivity index (χ1v) is 6.19. The van der Waals surface area contributed by atoms with Crippen LogP contribution in [-0.2, 0) is 11.3 Å². The molecule has 6 heteroatoms. The number of anilines is 1. The van der Waals surface area contributed by atoms with Crippen LogP contribution in [0.4, 0.5) is 10.3 Å². The molecule has 1 heterocycles. The molecule has 0 aliphatic heterocycles. The molecule has 20 heavy (non-hydrogen) atoms.